The first-order valence-electron chi connectivity index (χ1n) is 8.85. The molecule has 0 fully saturated rings. The van der Waals surface area contributed by atoms with E-state index in [4.69, 9.17) is 21.1 Å². The van der Waals surface area contributed by atoms with Crippen molar-refractivity contribution in [1.82, 2.24) is 10.1 Å². The van der Waals surface area contributed by atoms with Gasteiger partial charge in [-0.15, -0.1) is 0 Å². The number of methoxy groups -OCH3 is 1. The van der Waals surface area contributed by atoms with Crippen LogP contribution in [0.2, 0.25) is 5.02 Å². The smallest absolute Gasteiger partial charge is 0.439 e. The summed E-state index contributed by atoms with van der Waals surface area (Å²) in [6.07, 6.45) is 0. The van der Waals surface area contributed by atoms with Gasteiger partial charge in [0, 0.05) is 16.8 Å². The van der Waals surface area contributed by atoms with Gasteiger partial charge in [0.15, 0.2) is 17.3 Å². The Labute approximate surface area is 171 Å². The second kappa shape index (κ2) is 8.83. The number of aromatic nitrogens is 2. The van der Waals surface area contributed by atoms with Gasteiger partial charge in [-0.2, -0.15) is 0 Å². The fraction of sp³-hybridized carbons (Fsp3) is 0.250. The second-order valence-electron chi connectivity index (χ2n) is 6.67. The van der Waals surface area contributed by atoms with Crippen molar-refractivity contribution in [2.24, 2.45) is 5.92 Å². The zero-order valence-electron chi connectivity index (χ0n) is 16.1. The molecule has 0 saturated heterocycles. The van der Waals surface area contributed by atoms with Gasteiger partial charge in [-0.25, -0.2) is 4.79 Å². The Morgan fingerprint density at radius 3 is 2.76 bits per heavy atom. The van der Waals surface area contributed by atoms with Crippen molar-refractivity contribution < 1.29 is 18.8 Å². The van der Waals surface area contributed by atoms with Gasteiger partial charge in [0.2, 0.25) is 0 Å². The number of ether oxygens (including phenoxy) is 2. The van der Waals surface area contributed by atoms with Gasteiger partial charge in [-0.05, 0) is 30.2 Å². The highest BCUT2D eigenvalue weighted by molar-refractivity contribution is 6.32. The van der Waals surface area contributed by atoms with Gasteiger partial charge < -0.3 is 14.8 Å². The maximum Gasteiger partial charge on any atom is 0.439 e. The van der Waals surface area contributed by atoms with Crippen molar-refractivity contribution in [3.8, 4) is 22.9 Å². The predicted octanol–water partition coefficient (Wildman–Crippen LogP) is 3.98. The first kappa shape index (κ1) is 20.5. The van der Waals surface area contributed by atoms with Gasteiger partial charge in [0.1, 0.15) is 0 Å². The average molecular weight is 418 g/mol. The quantitative estimate of drug-likeness (QED) is 0.602. The fourth-order valence-corrected chi connectivity index (χ4v) is 2.81. The number of amides is 1. The number of anilines is 1. The van der Waals surface area contributed by atoms with E-state index in [0.717, 1.165) is 0 Å². The first-order valence-corrected chi connectivity index (χ1v) is 9.23. The molecule has 0 aliphatic heterocycles. The van der Waals surface area contributed by atoms with Gasteiger partial charge in [-0.1, -0.05) is 42.7 Å². The van der Waals surface area contributed by atoms with Crippen LogP contribution < -0.4 is 20.5 Å². The van der Waals surface area contributed by atoms with Crippen LogP contribution in [0.25, 0.3) is 11.4 Å². The number of carbonyl (C=O) groups is 1. The third-order valence-corrected chi connectivity index (χ3v) is 4.17. The molecular formula is C20H20ClN3O5. The Hall–Kier alpha value is -3.26. The van der Waals surface area contributed by atoms with E-state index in [1.54, 1.807) is 30.3 Å². The van der Waals surface area contributed by atoms with Crippen molar-refractivity contribution in [2.75, 3.05) is 19.0 Å². The first-order chi connectivity index (χ1) is 13.9. The molecule has 0 bridgehead atoms. The van der Waals surface area contributed by atoms with E-state index < -0.39 is 5.76 Å². The van der Waals surface area contributed by atoms with Crippen LogP contribution in [-0.2, 0) is 0 Å². The maximum atomic E-state index is 12.7. The van der Waals surface area contributed by atoms with Crippen LogP contribution in [0.5, 0.6) is 11.5 Å². The van der Waals surface area contributed by atoms with E-state index >= 15 is 0 Å². The molecule has 152 valence electrons. The third kappa shape index (κ3) is 4.97. The normalized spacial score (nSPS) is 10.8. The molecule has 29 heavy (non-hydrogen) atoms. The van der Waals surface area contributed by atoms with Crippen LogP contribution in [0.3, 0.4) is 0 Å². The maximum absolute atomic E-state index is 12.7. The molecule has 2 aromatic carbocycles. The number of halogens is 1. The van der Waals surface area contributed by atoms with Gasteiger partial charge in [-0.3, -0.25) is 14.3 Å². The number of benzene rings is 2. The largest absolute Gasteiger partial charge is 0.493 e. The lowest BCUT2D eigenvalue weighted by atomic mass is 10.1. The minimum atomic E-state index is -0.657. The monoisotopic (exact) mass is 417 g/mol. The fourth-order valence-electron chi connectivity index (χ4n) is 2.54. The topological polar surface area (TPSA) is 106 Å². The Morgan fingerprint density at radius 1 is 1.31 bits per heavy atom. The number of nitrogens with zero attached hydrogens (tertiary/aromatic N) is 1. The zero-order chi connectivity index (χ0) is 21.0. The van der Waals surface area contributed by atoms with E-state index in [0.29, 0.717) is 40.8 Å². The number of carbonyl (C=O) groups excluding carboxylic acids is 1. The molecular weight excluding hydrogens is 398 g/mol. The van der Waals surface area contributed by atoms with Crippen molar-refractivity contribution in [2.45, 2.75) is 13.8 Å². The molecule has 2 N–H and O–H groups in total. The van der Waals surface area contributed by atoms with Crippen LogP contribution in [-0.4, -0.2) is 29.8 Å². The van der Waals surface area contributed by atoms with E-state index in [1.165, 1.54) is 13.2 Å². The minimum Gasteiger partial charge on any atom is -0.493 e. The molecule has 0 radical (unpaired) electrons. The lowest BCUT2D eigenvalue weighted by Crippen LogP contribution is -2.13. The summed E-state index contributed by atoms with van der Waals surface area (Å²) in [7, 11) is 1.48. The van der Waals surface area contributed by atoms with Crippen molar-refractivity contribution in [3.63, 3.8) is 0 Å². The molecule has 0 aliphatic rings. The summed E-state index contributed by atoms with van der Waals surface area (Å²) in [5.41, 5.74) is 1.40. The summed E-state index contributed by atoms with van der Waals surface area (Å²) in [6.45, 7) is 4.51. The number of hydrogen-bond donors (Lipinski definition) is 2. The van der Waals surface area contributed by atoms with E-state index in [1.807, 2.05) is 13.8 Å². The molecule has 0 atom stereocenters. The number of nitrogens with one attached hydrogen (secondary N) is 2. The summed E-state index contributed by atoms with van der Waals surface area (Å²) in [5.74, 6) is 0.309. The van der Waals surface area contributed by atoms with Gasteiger partial charge >= 0.3 is 5.76 Å². The summed E-state index contributed by atoms with van der Waals surface area (Å²) in [6, 6.07) is 9.89. The number of hydrogen-bond acceptors (Lipinski definition) is 6. The lowest BCUT2D eigenvalue weighted by molar-refractivity contribution is 0.102. The Balaban J connectivity index is 1.82. The lowest BCUT2D eigenvalue weighted by Gasteiger charge is -2.15. The number of rotatable bonds is 7. The molecule has 1 heterocycles. The zero-order valence-corrected chi connectivity index (χ0v) is 16.9. The summed E-state index contributed by atoms with van der Waals surface area (Å²) < 4.78 is 15.5. The molecule has 3 rings (SSSR count). The molecule has 0 aliphatic carbocycles. The molecule has 1 amide bonds. The van der Waals surface area contributed by atoms with Gasteiger partial charge in [0.25, 0.3) is 5.91 Å². The molecule has 9 heteroatoms. The van der Waals surface area contributed by atoms with Crippen molar-refractivity contribution in [3.05, 3.63) is 57.5 Å². The van der Waals surface area contributed by atoms with E-state index in [9.17, 15) is 9.59 Å². The molecule has 1 aromatic heterocycles. The Kier molecular flexibility index (Phi) is 6.23. The predicted molar refractivity (Wildman–Crippen MR) is 109 cm³/mol. The van der Waals surface area contributed by atoms with Crippen LogP contribution in [0.4, 0.5) is 5.69 Å². The van der Waals surface area contributed by atoms with Crippen molar-refractivity contribution >= 4 is 23.2 Å². The molecule has 3 aromatic rings. The highest BCUT2D eigenvalue weighted by Gasteiger charge is 2.17. The van der Waals surface area contributed by atoms with Crippen LogP contribution in [0, 0.1) is 5.92 Å². The van der Waals surface area contributed by atoms with Crippen LogP contribution >= 0.6 is 11.6 Å². The average Bonchev–Trinajstić information content (AvgIpc) is 3.13. The Morgan fingerprint density at radius 2 is 2.10 bits per heavy atom. The van der Waals surface area contributed by atoms with Crippen molar-refractivity contribution in [1.29, 1.82) is 0 Å². The highest BCUT2D eigenvalue weighted by Crippen LogP contribution is 2.37. The molecule has 0 spiro atoms. The number of aromatic amines is 1. The summed E-state index contributed by atoms with van der Waals surface area (Å²) in [4.78, 5) is 26.3. The second-order valence-corrected chi connectivity index (χ2v) is 7.08. The van der Waals surface area contributed by atoms with Crippen LogP contribution in [0.1, 0.15) is 24.2 Å². The number of H-pyrrole nitrogens is 1. The standard InChI is InChI=1S/C20H20ClN3O5/c1-11(2)10-28-17-15(21)8-13(9-16(17)27-3)19(25)22-14-6-4-5-12(7-14)18-23-20(26)29-24-18/h4-9,11H,10H2,1-3H3,(H,22,25)(H,23,24,26). The SMILES string of the molecule is COc1cc(C(=O)Nc2cccc(-c3noc(=O)[nH]3)c2)cc(Cl)c1OCC(C)C. The molecule has 8 nitrogen and oxygen atoms in total. The highest BCUT2D eigenvalue weighted by atomic mass is 35.5. The molecule has 0 saturated carbocycles. The third-order valence-electron chi connectivity index (χ3n) is 3.89. The van der Waals surface area contributed by atoms with Crippen LogP contribution in [0.15, 0.2) is 45.7 Å². The minimum absolute atomic E-state index is 0.266. The molecule has 0 unspecified atom stereocenters. The Bertz CT molecular complexity index is 1070. The van der Waals surface area contributed by atoms with E-state index in [-0.39, 0.29) is 16.8 Å². The van der Waals surface area contributed by atoms with Gasteiger partial charge in [0.05, 0.1) is 18.7 Å². The summed E-state index contributed by atoms with van der Waals surface area (Å²) in [5, 5.41) is 6.70. The van der Waals surface area contributed by atoms with E-state index in [2.05, 4.69) is 20.0 Å². The summed E-state index contributed by atoms with van der Waals surface area (Å²) >= 11 is 6.31.